The van der Waals surface area contributed by atoms with Crippen LogP contribution in [0.5, 0.6) is 0 Å². The summed E-state index contributed by atoms with van der Waals surface area (Å²) in [5.74, 6) is -0.419. The number of aryl methyl sites for hydroxylation is 2. The van der Waals surface area contributed by atoms with Crippen molar-refractivity contribution in [2.24, 2.45) is 0 Å². The van der Waals surface area contributed by atoms with Gasteiger partial charge < -0.3 is 10.2 Å². The smallest absolute Gasteiger partial charge is 0.243 e. The van der Waals surface area contributed by atoms with E-state index in [0.717, 1.165) is 28.7 Å². The third kappa shape index (κ3) is 10.0. The van der Waals surface area contributed by atoms with E-state index in [1.807, 2.05) is 101 Å². The van der Waals surface area contributed by atoms with Crippen molar-refractivity contribution in [3.05, 3.63) is 101 Å². The molecule has 3 aromatic carbocycles. The Bertz CT molecular complexity index is 1430. The number of nitrogens with zero attached hydrogens (tertiary/aromatic N) is 2. The fraction of sp³-hybridized carbons (Fsp3) is 0.412. The van der Waals surface area contributed by atoms with Gasteiger partial charge in [-0.1, -0.05) is 79.2 Å². The third-order valence-corrected chi connectivity index (χ3v) is 8.18. The molecule has 0 radical (unpaired) electrons. The Kier molecular flexibility index (Phi) is 11.3. The minimum absolute atomic E-state index is 0.0962. The Morgan fingerprint density at radius 3 is 2.10 bits per heavy atom. The molecule has 3 aromatic rings. The summed E-state index contributed by atoms with van der Waals surface area (Å²) >= 11 is 0. The lowest BCUT2D eigenvalue weighted by molar-refractivity contribution is -0.142. The molecule has 7 nitrogen and oxygen atoms in total. The quantitative estimate of drug-likeness (QED) is 0.278. The minimum Gasteiger partial charge on any atom is -0.350 e. The Morgan fingerprint density at radius 1 is 0.881 bits per heavy atom. The van der Waals surface area contributed by atoms with Gasteiger partial charge >= 0.3 is 0 Å². The van der Waals surface area contributed by atoms with Crippen LogP contribution >= 0.6 is 0 Å². The summed E-state index contributed by atoms with van der Waals surface area (Å²) in [7, 11) is -3.56. The Morgan fingerprint density at radius 2 is 1.52 bits per heavy atom. The molecule has 0 aromatic heterocycles. The molecule has 0 unspecified atom stereocenters. The molecule has 0 fully saturated rings. The van der Waals surface area contributed by atoms with Gasteiger partial charge in [-0.3, -0.25) is 13.9 Å². The zero-order valence-electron chi connectivity index (χ0n) is 25.8. The number of nitrogens with one attached hydrogen (secondary N) is 1. The minimum atomic E-state index is -3.56. The predicted molar refractivity (Wildman–Crippen MR) is 171 cm³/mol. The van der Waals surface area contributed by atoms with Gasteiger partial charge in [0.25, 0.3) is 0 Å². The highest BCUT2D eigenvalue weighted by molar-refractivity contribution is 7.92. The number of hydrogen-bond acceptors (Lipinski definition) is 4. The number of rotatable bonds is 13. The molecule has 8 heteroatoms. The van der Waals surface area contributed by atoms with Crippen LogP contribution in [0.15, 0.2) is 78.9 Å². The summed E-state index contributed by atoms with van der Waals surface area (Å²) in [6.07, 6.45) is 2.81. The summed E-state index contributed by atoms with van der Waals surface area (Å²) in [5, 5.41) is 3.08. The molecule has 226 valence electrons. The van der Waals surface area contributed by atoms with Crippen LogP contribution in [-0.2, 0) is 39.0 Å². The van der Waals surface area contributed by atoms with Gasteiger partial charge in [0.2, 0.25) is 21.8 Å². The van der Waals surface area contributed by atoms with Crippen molar-refractivity contribution in [2.75, 3.05) is 17.1 Å². The maximum absolute atomic E-state index is 14.0. The molecular weight excluding hydrogens is 546 g/mol. The summed E-state index contributed by atoms with van der Waals surface area (Å²) in [6, 6.07) is 24.3. The first-order valence-electron chi connectivity index (χ1n) is 14.5. The maximum atomic E-state index is 14.0. The van der Waals surface area contributed by atoms with Gasteiger partial charge in [0.05, 0.1) is 11.9 Å². The maximum Gasteiger partial charge on any atom is 0.243 e. The van der Waals surface area contributed by atoms with Crippen LogP contribution in [0, 0.1) is 6.92 Å². The number of hydrogen-bond donors (Lipinski definition) is 1. The van der Waals surface area contributed by atoms with E-state index >= 15 is 0 Å². The van der Waals surface area contributed by atoms with Crippen LogP contribution in [-0.4, -0.2) is 49.5 Å². The Labute approximate surface area is 252 Å². The van der Waals surface area contributed by atoms with Crippen molar-refractivity contribution >= 4 is 27.5 Å². The van der Waals surface area contributed by atoms with E-state index < -0.39 is 21.6 Å². The predicted octanol–water partition coefficient (Wildman–Crippen LogP) is 5.66. The van der Waals surface area contributed by atoms with Crippen LogP contribution in [0.2, 0.25) is 0 Å². The first-order chi connectivity index (χ1) is 19.8. The largest absolute Gasteiger partial charge is 0.350 e. The van der Waals surface area contributed by atoms with Crippen LogP contribution in [0.4, 0.5) is 5.69 Å². The van der Waals surface area contributed by atoms with Gasteiger partial charge in [-0.05, 0) is 69.4 Å². The van der Waals surface area contributed by atoms with E-state index in [9.17, 15) is 18.0 Å². The van der Waals surface area contributed by atoms with Gasteiger partial charge in [0.1, 0.15) is 6.04 Å². The van der Waals surface area contributed by atoms with Crippen molar-refractivity contribution in [2.45, 2.75) is 78.4 Å². The fourth-order valence-electron chi connectivity index (χ4n) is 4.92. The van der Waals surface area contributed by atoms with Gasteiger partial charge in [0.15, 0.2) is 0 Å². The topological polar surface area (TPSA) is 86.8 Å². The highest BCUT2D eigenvalue weighted by atomic mass is 32.2. The lowest BCUT2D eigenvalue weighted by Gasteiger charge is -2.34. The molecule has 42 heavy (non-hydrogen) atoms. The number of sulfonamides is 1. The molecule has 2 amide bonds. The normalized spacial score (nSPS) is 12.4. The molecule has 3 rings (SSSR count). The second kappa shape index (κ2) is 14.5. The van der Waals surface area contributed by atoms with Crippen molar-refractivity contribution in [1.29, 1.82) is 0 Å². The molecule has 0 aliphatic carbocycles. The average Bonchev–Trinajstić information content (AvgIpc) is 2.92. The Balaban J connectivity index is 1.89. The number of carbonyl (C=O) groups is 2. The van der Waals surface area contributed by atoms with Gasteiger partial charge in [-0.2, -0.15) is 0 Å². The lowest BCUT2D eigenvalue weighted by atomic mass is 10.00. The number of anilines is 1. The van der Waals surface area contributed by atoms with Crippen molar-refractivity contribution in [1.82, 2.24) is 10.2 Å². The highest BCUT2D eigenvalue weighted by Gasteiger charge is 2.32. The molecule has 0 aliphatic rings. The molecule has 0 bridgehead atoms. The fourth-order valence-corrected chi connectivity index (χ4v) is 5.88. The number of carbonyl (C=O) groups excluding carboxylic acids is 2. The van der Waals surface area contributed by atoms with E-state index in [1.165, 1.54) is 10.6 Å². The standard InChI is InChI=1S/C34H45N3O4S/c1-7-27-18-20-30(21-19-27)37(42(6,40)41)22-12-17-32(38)36(25-29-16-11-13-26(2)23-29)31(33(39)35-34(3,4)5)24-28-14-9-8-10-15-28/h8-11,13-16,18-21,23,31H,7,12,17,22,24-25H2,1-6H3,(H,35,39)/t31-/m0/s1. The molecule has 0 aliphatic heterocycles. The molecule has 0 saturated carbocycles. The van der Waals surface area contributed by atoms with Crippen LogP contribution in [0.25, 0.3) is 0 Å². The van der Waals surface area contributed by atoms with Crippen LogP contribution in [0.3, 0.4) is 0 Å². The zero-order valence-corrected chi connectivity index (χ0v) is 26.6. The van der Waals surface area contributed by atoms with Crippen LogP contribution < -0.4 is 9.62 Å². The third-order valence-electron chi connectivity index (χ3n) is 6.99. The molecule has 0 saturated heterocycles. The lowest BCUT2D eigenvalue weighted by Crippen LogP contribution is -2.54. The van der Waals surface area contributed by atoms with Gasteiger partial charge in [0, 0.05) is 31.5 Å². The average molecular weight is 592 g/mol. The highest BCUT2D eigenvalue weighted by Crippen LogP contribution is 2.21. The van der Waals surface area contributed by atoms with Crippen molar-refractivity contribution in [3.8, 4) is 0 Å². The second-order valence-corrected chi connectivity index (χ2v) is 13.8. The number of benzene rings is 3. The zero-order chi connectivity index (χ0) is 30.9. The summed E-state index contributed by atoms with van der Waals surface area (Å²) in [5.41, 5.74) is 4.16. The van der Waals surface area contributed by atoms with Crippen molar-refractivity contribution in [3.63, 3.8) is 0 Å². The number of amides is 2. The first kappa shape index (κ1) is 32.9. The first-order valence-corrected chi connectivity index (χ1v) is 16.4. The molecular formula is C34H45N3O4S. The summed E-state index contributed by atoms with van der Waals surface area (Å²) in [6.45, 7) is 10.2. The molecule has 0 spiro atoms. The van der Waals surface area contributed by atoms with Gasteiger partial charge in [-0.25, -0.2) is 8.42 Å². The van der Waals surface area contributed by atoms with Crippen molar-refractivity contribution < 1.29 is 18.0 Å². The Hall–Kier alpha value is -3.65. The molecule has 0 heterocycles. The monoisotopic (exact) mass is 591 g/mol. The molecule has 1 N–H and O–H groups in total. The van der Waals surface area contributed by atoms with E-state index in [0.29, 0.717) is 18.5 Å². The van der Waals surface area contributed by atoms with E-state index in [4.69, 9.17) is 0 Å². The SMILES string of the molecule is CCc1ccc(N(CCCC(=O)N(Cc2cccc(C)c2)[C@@H](Cc2ccccc2)C(=O)NC(C)(C)C)S(C)(=O)=O)cc1. The summed E-state index contributed by atoms with van der Waals surface area (Å²) < 4.78 is 26.7. The van der Waals surface area contributed by atoms with E-state index in [-0.39, 0.29) is 31.3 Å². The summed E-state index contributed by atoms with van der Waals surface area (Å²) in [4.78, 5) is 29.3. The van der Waals surface area contributed by atoms with E-state index in [1.54, 1.807) is 17.0 Å². The molecule has 1 atom stereocenters. The van der Waals surface area contributed by atoms with E-state index in [2.05, 4.69) is 5.32 Å². The van der Waals surface area contributed by atoms with Crippen LogP contribution in [0.1, 0.15) is 62.8 Å². The van der Waals surface area contributed by atoms with Gasteiger partial charge in [-0.15, -0.1) is 0 Å². The second-order valence-electron chi connectivity index (χ2n) is 11.9.